The van der Waals surface area contributed by atoms with E-state index < -0.39 is 0 Å². The molecule has 6 nitrogen and oxygen atoms in total. The van der Waals surface area contributed by atoms with Gasteiger partial charge in [-0.2, -0.15) is 4.98 Å². The first-order chi connectivity index (χ1) is 14.1. The van der Waals surface area contributed by atoms with Gasteiger partial charge < -0.3 is 14.6 Å². The highest BCUT2D eigenvalue weighted by atomic mass is 35.5. The first-order valence-corrected chi connectivity index (χ1v) is 9.95. The van der Waals surface area contributed by atoms with Crippen LogP contribution < -0.4 is 5.32 Å². The minimum Gasteiger partial charge on any atom is -0.367 e. The van der Waals surface area contributed by atoms with E-state index in [1.54, 1.807) is 12.1 Å². The lowest BCUT2D eigenvalue weighted by Crippen LogP contribution is -2.35. The second-order valence-electron chi connectivity index (χ2n) is 6.87. The highest BCUT2D eigenvalue weighted by Crippen LogP contribution is 2.26. The van der Waals surface area contributed by atoms with E-state index in [2.05, 4.69) is 15.5 Å². The molecule has 1 aromatic heterocycles. The lowest BCUT2D eigenvalue weighted by molar-refractivity contribution is -0.127. The van der Waals surface area contributed by atoms with Crippen molar-refractivity contribution in [3.05, 3.63) is 71.1 Å². The van der Waals surface area contributed by atoms with Crippen molar-refractivity contribution in [1.29, 1.82) is 0 Å². The van der Waals surface area contributed by atoms with Crippen LogP contribution in [0.5, 0.6) is 0 Å². The summed E-state index contributed by atoms with van der Waals surface area (Å²) in [7, 11) is 0. The molecule has 29 heavy (non-hydrogen) atoms. The van der Waals surface area contributed by atoms with Crippen LogP contribution in [-0.4, -0.2) is 22.7 Å². The van der Waals surface area contributed by atoms with Crippen LogP contribution >= 0.6 is 11.6 Å². The van der Waals surface area contributed by atoms with E-state index in [9.17, 15) is 4.79 Å². The van der Waals surface area contributed by atoms with E-state index in [4.69, 9.17) is 20.9 Å². The number of aromatic nitrogens is 2. The SMILES string of the molecule is CC[C@@H](C)[C@H](NC(=O)COCc1ccccc1)c1nc(-c2ccc(Cl)cc2)no1. The Balaban J connectivity index is 1.63. The molecular formula is C22H24ClN3O3. The van der Waals surface area contributed by atoms with Gasteiger partial charge in [-0.25, -0.2) is 0 Å². The molecule has 0 fully saturated rings. The summed E-state index contributed by atoms with van der Waals surface area (Å²) in [5.74, 6) is 0.726. The summed E-state index contributed by atoms with van der Waals surface area (Å²) in [6, 6.07) is 16.5. The van der Waals surface area contributed by atoms with Gasteiger partial charge in [0.05, 0.1) is 6.61 Å². The van der Waals surface area contributed by atoms with Crippen molar-refractivity contribution in [2.45, 2.75) is 32.9 Å². The summed E-state index contributed by atoms with van der Waals surface area (Å²) in [5, 5.41) is 7.65. The fraction of sp³-hybridized carbons (Fsp3) is 0.318. The number of nitrogens with zero attached hydrogens (tertiary/aromatic N) is 2. The molecule has 0 saturated carbocycles. The van der Waals surface area contributed by atoms with Crippen molar-refractivity contribution in [2.75, 3.05) is 6.61 Å². The largest absolute Gasteiger partial charge is 0.367 e. The van der Waals surface area contributed by atoms with Crippen LogP contribution in [0, 0.1) is 5.92 Å². The number of nitrogens with one attached hydrogen (secondary N) is 1. The average molecular weight is 414 g/mol. The first kappa shape index (κ1) is 21.0. The quantitative estimate of drug-likeness (QED) is 0.544. The van der Waals surface area contributed by atoms with Crippen LogP contribution in [0.1, 0.15) is 37.8 Å². The number of hydrogen-bond donors (Lipinski definition) is 1. The van der Waals surface area contributed by atoms with Crippen molar-refractivity contribution >= 4 is 17.5 Å². The Bertz CT molecular complexity index is 913. The monoisotopic (exact) mass is 413 g/mol. The molecule has 3 aromatic rings. The third-order valence-corrected chi connectivity index (χ3v) is 4.94. The summed E-state index contributed by atoms with van der Waals surface area (Å²) in [6.45, 7) is 4.41. The zero-order valence-corrected chi connectivity index (χ0v) is 17.2. The molecule has 0 unspecified atom stereocenters. The Hall–Kier alpha value is -2.70. The molecule has 1 amide bonds. The van der Waals surface area contributed by atoms with E-state index >= 15 is 0 Å². The van der Waals surface area contributed by atoms with Gasteiger partial charge in [0.2, 0.25) is 17.6 Å². The van der Waals surface area contributed by atoms with Crippen LogP contribution in [0.15, 0.2) is 59.1 Å². The van der Waals surface area contributed by atoms with Gasteiger partial charge in [0.1, 0.15) is 12.6 Å². The minimum atomic E-state index is -0.388. The van der Waals surface area contributed by atoms with Gasteiger partial charge in [0.15, 0.2) is 0 Å². The van der Waals surface area contributed by atoms with Gasteiger partial charge in [-0.1, -0.05) is 67.4 Å². The molecule has 3 rings (SSSR count). The van der Waals surface area contributed by atoms with E-state index in [0.717, 1.165) is 17.5 Å². The van der Waals surface area contributed by atoms with E-state index in [-0.39, 0.29) is 24.5 Å². The second-order valence-corrected chi connectivity index (χ2v) is 7.31. The molecule has 2 atom stereocenters. The highest BCUT2D eigenvalue weighted by Gasteiger charge is 2.26. The summed E-state index contributed by atoms with van der Waals surface area (Å²) in [4.78, 5) is 16.9. The maximum Gasteiger partial charge on any atom is 0.249 e. The first-order valence-electron chi connectivity index (χ1n) is 9.57. The standard InChI is InChI=1S/C22H24ClN3O3/c1-3-15(2)20(24-19(27)14-28-13-16-7-5-4-6-8-16)22-25-21(26-29-22)17-9-11-18(23)12-10-17/h4-12,15,20H,3,13-14H2,1-2H3,(H,24,27)/t15-,20+/m1/s1. The molecule has 1 N–H and O–H groups in total. The van der Waals surface area contributed by atoms with Crippen molar-refractivity contribution < 1.29 is 14.1 Å². The Morgan fingerprint density at radius 2 is 1.90 bits per heavy atom. The Labute approximate surface area is 175 Å². The fourth-order valence-corrected chi connectivity index (χ4v) is 2.94. The van der Waals surface area contributed by atoms with Crippen LogP contribution in [0.25, 0.3) is 11.4 Å². The predicted molar refractivity (Wildman–Crippen MR) is 111 cm³/mol. The number of halogens is 1. The van der Waals surface area contributed by atoms with Gasteiger partial charge in [-0.15, -0.1) is 0 Å². The third-order valence-electron chi connectivity index (χ3n) is 4.68. The van der Waals surface area contributed by atoms with Gasteiger partial charge >= 0.3 is 0 Å². The average Bonchev–Trinajstić information content (AvgIpc) is 3.22. The number of hydrogen-bond acceptors (Lipinski definition) is 5. The van der Waals surface area contributed by atoms with E-state index in [0.29, 0.717) is 23.3 Å². The van der Waals surface area contributed by atoms with Crippen molar-refractivity contribution in [3.8, 4) is 11.4 Å². The Morgan fingerprint density at radius 3 is 2.59 bits per heavy atom. The van der Waals surface area contributed by atoms with Crippen molar-refractivity contribution in [3.63, 3.8) is 0 Å². The molecule has 0 aliphatic rings. The minimum absolute atomic E-state index is 0.0417. The zero-order chi connectivity index (χ0) is 20.6. The van der Waals surface area contributed by atoms with Crippen LogP contribution in [-0.2, 0) is 16.1 Å². The predicted octanol–water partition coefficient (Wildman–Crippen LogP) is 4.81. The van der Waals surface area contributed by atoms with E-state index in [1.165, 1.54) is 0 Å². The molecule has 2 aromatic carbocycles. The fourth-order valence-electron chi connectivity index (χ4n) is 2.81. The summed E-state index contributed by atoms with van der Waals surface area (Å²) in [5.41, 5.74) is 1.81. The summed E-state index contributed by atoms with van der Waals surface area (Å²) < 4.78 is 11.0. The second kappa shape index (κ2) is 10.2. The smallest absolute Gasteiger partial charge is 0.249 e. The molecule has 0 bridgehead atoms. The van der Waals surface area contributed by atoms with Gasteiger partial charge in [-0.05, 0) is 35.7 Å². The number of carbonyl (C=O) groups excluding carboxylic acids is 1. The highest BCUT2D eigenvalue weighted by molar-refractivity contribution is 6.30. The molecule has 7 heteroatoms. The molecule has 1 heterocycles. The topological polar surface area (TPSA) is 77.2 Å². The summed E-state index contributed by atoms with van der Waals surface area (Å²) in [6.07, 6.45) is 0.842. The van der Waals surface area contributed by atoms with Crippen molar-refractivity contribution in [1.82, 2.24) is 15.5 Å². The lowest BCUT2D eigenvalue weighted by atomic mass is 9.99. The molecule has 0 spiro atoms. The third kappa shape index (κ3) is 5.89. The maximum atomic E-state index is 12.4. The normalized spacial score (nSPS) is 13.1. The van der Waals surface area contributed by atoms with E-state index in [1.807, 2.05) is 56.3 Å². The Morgan fingerprint density at radius 1 is 1.17 bits per heavy atom. The van der Waals surface area contributed by atoms with Gasteiger partial charge in [0.25, 0.3) is 0 Å². The number of ether oxygens (including phenoxy) is 1. The van der Waals surface area contributed by atoms with Gasteiger partial charge in [0, 0.05) is 10.6 Å². The zero-order valence-electron chi connectivity index (χ0n) is 16.5. The van der Waals surface area contributed by atoms with Gasteiger partial charge in [-0.3, -0.25) is 4.79 Å². The van der Waals surface area contributed by atoms with Crippen LogP contribution in [0.4, 0.5) is 0 Å². The number of benzene rings is 2. The number of amides is 1. The number of rotatable bonds is 9. The maximum absolute atomic E-state index is 12.4. The molecule has 0 saturated heterocycles. The lowest BCUT2D eigenvalue weighted by Gasteiger charge is -2.20. The molecule has 152 valence electrons. The van der Waals surface area contributed by atoms with Crippen LogP contribution in [0.3, 0.4) is 0 Å². The molecule has 0 aliphatic heterocycles. The Kier molecular flexibility index (Phi) is 7.38. The summed E-state index contributed by atoms with van der Waals surface area (Å²) >= 11 is 5.93. The van der Waals surface area contributed by atoms with Crippen LogP contribution in [0.2, 0.25) is 5.02 Å². The molecular weight excluding hydrogens is 390 g/mol. The number of carbonyl (C=O) groups is 1. The van der Waals surface area contributed by atoms with Crippen molar-refractivity contribution in [2.24, 2.45) is 5.92 Å². The molecule has 0 radical (unpaired) electrons. The molecule has 0 aliphatic carbocycles.